The van der Waals surface area contributed by atoms with Crippen LogP contribution in [0.1, 0.15) is 50.9 Å². The number of allylic oxidation sites excluding steroid dienone is 4. The lowest BCUT2D eigenvalue weighted by Gasteiger charge is -2.28. The number of hydrogen-bond acceptors (Lipinski definition) is 4. The highest BCUT2D eigenvalue weighted by Gasteiger charge is 2.26. The third-order valence-electron chi connectivity index (χ3n) is 4.86. The number of hydroxylamine groups is 2. The maximum atomic E-state index is 10.8. The number of rotatable bonds is 5. The lowest BCUT2D eigenvalue weighted by molar-refractivity contribution is -0.154. The molecule has 1 aliphatic carbocycles. The Morgan fingerprint density at radius 3 is 2.43 bits per heavy atom. The Labute approximate surface area is 183 Å². The van der Waals surface area contributed by atoms with Crippen LogP contribution < -0.4 is 0 Å². The second-order valence-corrected chi connectivity index (χ2v) is 6.96. The molecule has 0 heterocycles. The molecular weight excluding hydrogens is 374 g/mol. The minimum atomic E-state index is -0.291. The number of benzene rings is 1. The summed E-state index contributed by atoms with van der Waals surface area (Å²) in [6, 6.07) is 9.22. The van der Waals surface area contributed by atoms with E-state index in [1.807, 2.05) is 17.2 Å². The average molecular weight is 412 g/mol. The van der Waals surface area contributed by atoms with Gasteiger partial charge in [-0.1, -0.05) is 63.3 Å². The van der Waals surface area contributed by atoms with Crippen LogP contribution in [0.3, 0.4) is 0 Å². The van der Waals surface area contributed by atoms with Crippen LogP contribution in [0.4, 0.5) is 0 Å². The normalized spacial score (nSPS) is 20.9. The van der Waals surface area contributed by atoms with Crippen LogP contribution in [0.5, 0.6) is 0 Å². The minimum Gasteiger partial charge on any atom is -0.465 e. The summed E-state index contributed by atoms with van der Waals surface area (Å²) in [5.41, 5.74) is 3.36. The highest BCUT2D eigenvalue weighted by molar-refractivity contribution is 5.89. The topological polar surface area (TPSA) is 38.8 Å². The first-order chi connectivity index (χ1) is 14.0. The summed E-state index contributed by atoms with van der Waals surface area (Å²) in [5.74, 6) is 2.99. The molecular formula is C26H37NO3. The number of methoxy groups -OCH3 is 1. The fraction of sp³-hybridized carbons (Fsp3) is 0.423. The van der Waals surface area contributed by atoms with Crippen molar-refractivity contribution in [2.75, 3.05) is 20.8 Å². The first kappa shape index (κ1) is 27.4. The van der Waals surface area contributed by atoms with Crippen molar-refractivity contribution in [3.8, 4) is 12.3 Å². The number of carbonyl (C=O) groups is 1. The second-order valence-electron chi connectivity index (χ2n) is 6.96. The van der Waals surface area contributed by atoms with E-state index in [2.05, 4.69) is 43.2 Å². The highest BCUT2D eigenvalue weighted by atomic mass is 16.7. The van der Waals surface area contributed by atoms with E-state index < -0.39 is 0 Å². The van der Waals surface area contributed by atoms with Gasteiger partial charge in [0.2, 0.25) is 0 Å². The molecule has 0 spiro atoms. The number of ether oxygens (including phenoxy) is 1. The van der Waals surface area contributed by atoms with Crippen molar-refractivity contribution in [2.45, 2.75) is 46.6 Å². The van der Waals surface area contributed by atoms with Gasteiger partial charge in [-0.15, -0.1) is 6.42 Å². The van der Waals surface area contributed by atoms with Gasteiger partial charge in [0.05, 0.1) is 26.3 Å². The standard InChI is InChI=1S/C17H25NO.C8H8O2.CH4/c1-6-9-16-11-14(4)12-17(13-15(16)8-3)18(19-5)10-7-2;1-10-8(9)7-5-3-2-4-6-7;/h2,6,8-9,14,17H,1,10-13H2,3-5H3;2-6H,1H3;1H4/b15-8-,16-9-;;. The molecule has 30 heavy (non-hydrogen) atoms. The smallest absolute Gasteiger partial charge is 0.337 e. The minimum absolute atomic E-state index is 0. The van der Waals surface area contributed by atoms with Gasteiger partial charge in [0.15, 0.2) is 0 Å². The van der Waals surface area contributed by atoms with E-state index in [0.717, 1.165) is 19.3 Å². The van der Waals surface area contributed by atoms with Gasteiger partial charge in [0.25, 0.3) is 0 Å². The molecule has 0 aliphatic heterocycles. The zero-order chi connectivity index (χ0) is 21.6. The first-order valence-electron chi connectivity index (χ1n) is 9.85. The zero-order valence-electron chi connectivity index (χ0n) is 18.1. The van der Waals surface area contributed by atoms with Gasteiger partial charge >= 0.3 is 5.97 Å². The molecule has 2 unspecified atom stereocenters. The predicted octanol–water partition coefficient (Wildman–Crippen LogP) is 5.84. The SMILES string of the molecule is C.C#CCN(OC)C1CC(=C/C)/C(=C\C=C)CC(C)C1.COC(=O)c1ccccc1. The maximum Gasteiger partial charge on any atom is 0.337 e. The van der Waals surface area contributed by atoms with Crippen LogP contribution in [-0.4, -0.2) is 37.8 Å². The van der Waals surface area contributed by atoms with Crippen LogP contribution >= 0.6 is 0 Å². The molecule has 1 aromatic carbocycles. The molecule has 1 aromatic rings. The highest BCUT2D eigenvalue weighted by Crippen LogP contribution is 2.33. The summed E-state index contributed by atoms with van der Waals surface area (Å²) < 4.78 is 4.50. The Kier molecular flexibility index (Phi) is 13.9. The molecule has 0 N–H and O–H groups in total. The lowest BCUT2D eigenvalue weighted by atomic mass is 9.97. The van der Waals surface area contributed by atoms with Gasteiger partial charge in [0, 0.05) is 6.04 Å². The summed E-state index contributed by atoms with van der Waals surface area (Å²) in [7, 11) is 3.07. The van der Waals surface area contributed by atoms with Crippen molar-refractivity contribution >= 4 is 5.97 Å². The number of hydrogen-bond donors (Lipinski definition) is 0. The van der Waals surface area contributed by atoms with Crippen LogP contribution in [0.2, 0.25) is 0 Å². The zero-order valence-corrected chi connectivity index (χ0v) is 18.1. The van der Waals surface area contributed by atoms with Crippen molar-refractivity contribution in [3.63, 3.8) is 0 Å². The number of terminal acetylenes is 1. The van der Waals surface area contributed by atoms with E-state index in [1.165, 1.54) is 18.3 Å². The van der Waals surface area contributed by atoms with E-state index in [4.69, 9.17) is 11.3 Å². The van der Waals surface area contributed by atoms with E-state index >= 15 is 0 Å². The van der Waals surface area contributed by atoms with Crippen LogP contribution in [0, 0.1) is 18.3 Å². The van der Waals surface area contributed by atoms with E-state index in [9.17, 15) is 4.79 Å². The number of carbonyl (C=O) groups excluding carboxylic acids is 1. The first-order valence-corrected chi connectivity index (χ1v) is 9.85. The van der Waals surface area contributed by atoms with Gasteiger partial charge in [-0.2, -0.15) is 5.06 Å². The number of esters is 1. The molecule has 1 fully saturated rings. The summed E-state index contributed by atoms with van der Waals surface area (Å²) in [6.45, 7) is 8.73. The molecule has 0 amide bonds. The molecule has 4 heteroatoms. The van der Waals surface area contributed by atoms with Crippen molar-refractivity contribution in [1.82, 2.24) is 5.06 Å². The molecule has 2 atom stereocenters. The molecule has 0 bridgehead atoms. The fourth-order valence-corrected chi connectivity index (χ4v) is 3.49. The van der Waals surface area contributed by atoms with Crippen molar-refractivity contribution in [3.05, 3.63) is 71.8 Å². The molecule has 2 rings (SSSR count). The van der Waals surface area contributed by atoms with Crippen molar-refractivity contribution in [2.24, 2.45) is 5.92 Å². The molecule has 4 nitrogen and oxygen atoms in total. The third kappa shape index (κ3) is 8.82. The summed E-state index contributed by atoms with van der Waals surface area (Å²) >= 11 is 0. The average Bonchev–Trinajstić information content (AvgIpc) is 2.90. The summed E-state index contributed by atoms with van der Waals surface area (Å²) in [4.78, 5) is 16.2. The Morgan fingerprint density at radius 1 is 1.27 bits per heavy atom. The van der Waals surface area contributed by atoms with Crippen LogP contribution in [0.15, 0.2) is 66.3 Å². The third-order valence-corrected chi connectivity index (χ3v) is 4.86. The van der Waals surface area contributed by atoms with E-state index in [1.54, 1.807) is 31.4 Å². The summed E-state index contributed by atoms with van der Waals surface area (Å²) in [6.07, 6.45) is 14.8. The Bertz CT molecular complexity index is 743. The van der Waals surface area contributed by atoms with Gasteiger partial charge in [0.1, 0.15) is 0 Å². The molecule has 0 aromatic heterocycles. The lowest BCUT2D eigenvalue weighted by Crippen LogP contribution is -2.35. The molecule has 0 saturated heterocycles. The van der Waals surface area contributed by atoms with E-state index in [0.29, 0.717) is 24.1 Å². The van der Waals surface area contributed by atoms with Crippen LogP contribution in [-0.2, 0) is 9.57 Å². The Balaban J connectivity index is 0.000000646. The van der Waals surface area contributed by atoms with Gasteiger partial charge in [-0.25, -0.2) is 4.79 Å². The molecule has 1 aliphatic rings. The molecule has 0 radical (unpaired) electrons. The quantitative estimate of drug-likeness (QED) is 0.264. The van der Waals surface area contributed by atoms with Gasteiger partial charge < -0.3 is 9.57 Å². The van der Waals surface area contributed by atoms with E-state index in [-0.39, 0.29) is 13.4 Å². The Hall–Kier alpha value is -2.61. The summed E-state index contributed by atoms with van der Waals surface area (Å²) in [5, 5.41) is 1.93. The van der Waals surface area contributed by atoms with Crippen molar-refractivity contribution in [1.29, 1.82) is 0 Å². The predicted molar refractivity (Wildman–Crippen MR) is 126 cm³/mol. The maximum absolute atomic E-state index is 10.8. The van der Waals surface area contributed by atoms with Crippen LogP contribution in [0.25, 0.3) is 0 Å². The largest absolute Gasteiger partial charge is 0.465 e. The number of nitrogens with zero attached hydrogens (tertiary/aromatic N) is 1. The fourth-order valence-electron chi connectivity index (χ4n) is 3.49. The van der Waals surface area contributed by atoms with Crippen molar-refractivity contribution < 1.29 is 14.4 Å². The monoisotopic (exact) mass is 411 g/mol. The molecule has 1 saturated carbocycles. The molecule has 164 valence electrons. The van der Waals surface area contributed by atoms with Gasteiger partial charge in [-0.3, -0.25) is 0 Å². The van der Waals surface area contributed by atoms with Gasteiger partial charge in [-0.05, 0) is 55.4 Å². The Morgan fingerprint density at radius 2 is 1.93 bits per heavy atom. The second kappa shape index (κ2) is 15.3.